The van der Waals surface area contributed by atoms with Gasteiger partial charge in [0.1, 0.15) is 0 Å². The Bertz CT molecular complexity index is 88.9. The first-order valence-electron chi connectivity index (χ1n) is 3.09. The summed E-state index contributed by atoms with van der Waals surface area (Å²) in [4.78, 5) is 0. The standard InChI is InChI=1S/C7H13ClO/c1-6(2)7(9)4-3-5-8/h3-4,6-7,9H,5H2,1-2H3/b4-3+. The van der Waals surface area contributed by atoms with E-state index in [9.17, 15) is 0 Å². The average Bonchev–Trinajstić information content (AvgIpc) is 1.82. The second-order valence-electron chi connectivity index (χ2n) is 2.32. The minimum Gasteiger partial charge on any atom is -0.389 e. The highest BCUT2D eigenvalue weighted by molar-refractivity contribution is 6.18. The highest BCUT2D eigenvalue weighted by atomic mass is 35.5. The number of alkyl halides is 1. The molecule has 0 amide bonds. The van der Waals surface area contributed by atoms with Crippen LogP contribution in [-0.2, 0) is 0 Å². The van der Waals surface area contributed by atoms with Gasteiger partial charge in [-0.1, -0.05) is 26.0 Å². The van der Waals surface area contributed by atoms with Crippen LogP contribution in [0.25, 0.3) is 0 Å². The van der Waals surface area contributed by atoms with E-state index < -0.39 is 0 Å². The summed E-state index contributed by atoms with van der Waals surface area (Å²) < 4.78 is 0. The number of aliphatic hydroxyl groups is 1. The van der Waals surface area contributed by atoms with Gasteiger partial charge >= 0.3 is 0 Å². The molecule has 1 unspecified atom stereocenters. The van der Waals surface area contributed by atoms with Gasteiger partial charge in [-0.2, -0.15) is 0 Å². The average molecular weight is 149 g/mol. The second-order valence-corrected chi connectivity index (χ2v) is 2.63. The number of halogens is 1. The predicted octanol–water partition coefficient (Wildman–Crippen LogP) is 1.80. The SMILES string of the molecule is CC(C)C(O)/C=C/CCl. The first kappa shape index (κ1) is 8.99. The van der Waals surface area contributed by atoms with Crippen LogP contribution in [0.4, 0.5) is 0 Å². The van der Waals surface area contributed by atoms with Gasteiger partial charge in [-0.05, 0) is 5.92 Å². The molecule has 0 aromatic rings. The van der Waals surface area contributed by atoms with Crippen LogP contribution < -0.4 is 0 Å². The molecule has 0 saturated carbocycles. The van der Waals surface area contributed by atoms with Crippen molar-refractivity contribution in [3.05, 3.63) is 12.2 Å². The Kier molecular flexibility index (Phi) is 4.83. The molecule has 0 saturated heterocycles. The summed E-state index contributed by atoms with van der Waals surface area (Å²) in [6, 6.07) is 0. The lowest BCUT2D eigenvalue weighted by molar-refractivity contribution is 0.172. The van der Waals surface area contributed by atoms with Crippen molar-refractivity contribution < 1.29 is 5.11 Å². The third-order valence-corrected chi connectivity index (χ3v) is 1.28. The van der Waals surface area contributed by atoms with E-state index in [0.717, 1.165) is 0 Å². The number of allylic oxidation sites excluding steroid dienone is 1. The van der Waals surface area contributed by atoms with E-state index in [2.05, 4.69) is 0 Å². The van der Waals surface area contributed by atoms with Gasteiger partial charge in [0.05, 0.1) is 6.10 Å². The van der Waals surface area contributed by atoms with Crippen molar-refractivity contribution in [2.45, 2.75) is 20.0 Å². The molecule has 0 aromatic carbocycles. The Hall–Kier alpha value is -0.0100. The molecule has 0 aliphatic rings. The Labute approximate surface area is 61.3 Å². The van der Waals surface area contributed by atoms with Gasteiger partial charge in [0, 0.05) is 5.88 Å². The number of aliphatic hydroxyl groups excluding tert-OH is 1. The van der Waals surface area contributed by atoms with Crippen LogP contribution in [0.5, 0.6) is 0 Å². The lowest BCUT2D eigenvalue weighted by atomic mass is 10.1. The third-order valence-electron chi connectivity index (χ3n) is 1.11. The monoisotopic (exact) mass is 148 g/mol. The summed E-state index contributed by atoms with van der Waals surface area (Å²) in [5.74, 6) is 0.758. The van der Waals surface area contributed by atoms with Crippen molar-refractivity contribution in [3.63, 3.8) is 0 Å². The van der Waals surface area contributed by atoms with Crippen molar-refractivity contribution in [1.29, 1.82) is 0 Å². The Morgan fingerprint density at radius 2 is 2.11 bits per heavy atom. The lowest BCUT2D eigenvalue weighted by Gasteiger charge is -2.07. The smallest absolute Gasteiger partial charge is 0.0744 e. The zero-order valence-electron chi connectivity index (χ0n) is 5.84. The van der Waals surface area contributed by atoms with Gasteiger partial charge in [-0.15, -0.1) is 11.6 Å². The van der Waals surface area contributed by atoms with Gasteiger partial charge in [0.25, 0.3) is 0 Å². The number of hydrogen-bond donors (Lipinski definition) is 1. The van der Waals surface area contributed by atoms with E-state index in [4.69, 9.17) is 16.7 Å². The van der Waals surface area contributed by atoms with Gasteiger partial charge in [0.2, 0.25) is 0 Å². The molecule has 0 aliphatic carbocycles. The molecule has 0 heterocycles. The fourth-order valence-electron chi connectivity index (χ4n) is 0.413. The molecule has 1 N–H and O–H groups in total. The maximum atomic E-state index is 9.11. The molecule has 0 aromatic heterocycles. The van der Waals surface area contributed by atoms with Crippen LogP contribution in [0, 0.1) is 5.92 Å². The summed E-state index contributed by atoms with van der Waals surface area (Å²) in [6.45, 7) is 3.92. The fourth-order valence-corrected chi connectivity index (χ4v) is 0.516. The Morgan fingerprint density at radius 3 is 2.44 bits per heavy atom. The van der Waals surface area contributed by atoms with Crippen LogP contribution in [0.1, 0.15) is 13.8 Å². The zero-order chi connectivity index (χ0) is 7.28. The molecule has 0 fully saturated rings. The second kappa shape index (κ2) is 4.83. The summed E-state index contributed by atoms with van der Waals surface area (Å²) in [5, 5.41) is 9.11. The maximum Gasteiger partial charge on any atom is 0.0744 e. The molecule has 0 rings (SSSR count). The summed E-state index contributed by atoms with van der Waals surface area (Å²) in [6.07, 6.45) is 3.13. The van der Waals surface area contributed by atoms with E-state index in [1.165, 1.54) is 0 Å². The molecule has 0 aliphatic heterocycles. The van der Waals surface area contributed by atoms with Gasteiger partial charge < -0.3 is 5.11 Å². The highest BCUT2D eigenvalue weighted by Gasteiger charge is 2.02. The van der Waals surface area contributed by atoms with Gasteiger partial charge in [-0.3, -0.25) is 0 Å². The summed E-state index contributed by atoms with van der Waals surface area (Å²) in [5.41, 5.74) is 0. The topological polar surface area (TPSA) is 20.2 Å². The maximum absolute atomic E-state index is 9.11. The van der Waals surface area contributed by atoms with E-state index >= 15 is 0 Å². The van der Waals surface area contributed by atoms with Crippen molar-refractivity contribution in [3.8, 4) is 0 Å². The fraction of sp³-hybridized carbons (Fsp3) is 0.714. The quantitative estimate of drug-likeness (QED) is 0.478. The van der Waals surface area contributed by atoms with Crippen LogP contribution >= 0.6 is 11.6 Å². The molecule has 1 atom stereocenters. The van der Waals surface area contributed by atoms with E-state index in [1.54, 1.807) is 12.2 Å². The minimum absolute atomic E-state index is 0.282. The zero-order valence-corrected chi connectivity index (χ0v) is 6.60. The van der Waals surface area contributed by atoms with Gasteiger partial charge in [0.15, 0.2) is 0 Å². The normalized spacial score (nSPS) is 15.2. The van der Waals surface area contributed by atoms with Crippen molar-refractivity contribution in [1.82, 2.24) is 0 Å². The molecule has 0 bridgehead atoms. The summed E-state index contributed by atoms with van der Waals surface area (Å²) >= 11 is 5.35. The first-order chi connectivity index (χ1) is 4.18. The van der Waals surface area contributed by atoms with Gasteiger partial charge in [-0.25, -0.2) is 0 Å². The minimum atomic E-state index is -0.344. The molecule has 54 valence electrons. The molecule has 2 heteroatoms. The third kappa shape index (κ3) is 4.49. The van der Waals surface area contributed by atoms with Crippen LogP contribution in [0.3, 0.4) is 0 Å². The Balaban J connectivity index is 3.48. The van der Waals surface area contributed by atoms with Crippen LogP contribution in [0.15, 0.2) is 12.2 Å². The van der Waals surface area contributed by atoms with Crippen molar-refractivity contribution >= 4 is 11.6 Å². The highest BCUT2D eigenvalue weighted by Crippen LogP contribution is 2.01. The summed E-state index contributed by atoms with van der Waals surface area (Å²) in [7, 11) is 0. The van der Waals surface area contributed by atoms with Crippen LogP contribution in [0.2, 0.25) is 0 Å². The van der Waals surface area contributed by atoms with E-state index in [0.29, 0.717) is 5.88 Å². The predicted molar refractivity (Wildman–Crippen MR) is 40.7 cm³/mol. The molecular weight excluding hydrogens is 136 g/mol. The molecule has 0 radical (unpaired) electrons. The largest absolute Gasteiger partial charge is 0.389 e. The molecular formula is C7H13ClO. The first-order valence-corrected chi connectivity index (χ1v) is 3.62. The Morgan fingerprint density at radius 1 is 1.56 bits per heavy atom. The van der Waals surface area contributed by atoms with Crippen molar-refractivity contribution in [2.24, 2.45) is 5.92 Å². The number of rotatable bonds is 3. The molecule has 1 nitrogen and oxygen atoms in total. The lowest BCUT2D eigenvalue weighted by Crippen LogP contribution is -2.10. The van der Waals surface area contributed by atoms with E-state index in [-0.39, 0.29) is 12.0 Å². The molecule has 9 heavy (non-hydrogen) atoms. The van der Waals surface area contributed by atoms with Crippen molar-refractivity contribution in [2.75, 3.05) is 5.88 Å². The van der Waals surface area contributed by atoms with E-state index in [1.807, 2.05) is 13.8 Å². The molecule has 0 spiro atoms. The number of hydrogen-bond acceptors (Lipinski definition) is 1. The van der Waals surface area contributed by atoms with Crippen LogP contribution in [-0.4, -0.2) is 17.1 Å².